The Labute approximate surface area is 142 Å². The Morgan fingerprint density at radius 2 is 1.87 bits per heavy atom. The van der Waals surface area contributed by atoms with Crippen LogP contribution in [0.3, 0.4) is 0 Å². The van der Waals surface area contributed by atoms with Crippen molar-refractivity contribution < 1.29 is 14.3 Å². The highest BCUT2D eigenvalue weighted by molar-refractivity contribution is 8.00. The fraction of sp³-hybridized carbons (Fsp3) is 0.611. The number of hydrogen-bond donors (Lipinski definition) is 1. The number of thioether (sulfide) groups is 1. The van der Waals surface area contributed by atoms with Gasteiger partial charge in [0, 0.05) is 17.4 Å². The van der Waals surface area contributed by atoms with E-state index in [0.717, 1.165) is 35.7 Å². The van der Waals surface area contributed by atoms with Gasteiger partial charge in [0.05, 0.1) is 18.5 Å². The van der Waals surface area contributed by atoms with Gasteiger partial charge in [0.2, 0.25) is 5.91 Å². The van der Waals surface area contributed by atoms with Crippen molar-refractivity contribution in [3.8, 4) is 11.5 Å². The molecule has 0 radical (unpaired) electrons. The molecule has 2 aliphatic rings. The molecule has 1 fully saturated rings. The van der Waals surface area contributed by atoms with Crippen LogP contribution in [0, 0.1) is 0 Å². The van der Waals surface area contributed by atoms with Crippen LogP contribution in [0.2, 0.25) is 0 Å². The summed E-state index contributed by atoms with van der Waals surface area (Å²) in [6.45, 7) is 3.34. The van der Waals surface area contributed by atoms with Crippen molar-refractivity contribution in [3.63, 3.8) is 0 Å². The summed E-state index contributed by atoms with van der Waals surface area (Å²) in [6, 6.07) is 6.29. The quantitative estimate of drug-likeness (QED) is 0.851. The molecule has 23 heavy (non-hydrogen) atoms. The minimum atomic E-state index is -0.110. The molecule has 0 unspecified atom stereocenters. The summed E-state index contributed by atoms with van der Waals surface area (Å²) < 4.78 is 11.4. The summed E-state index contributed by atoms with van der Waals surface area (Å²) in [5.41, 5.74) is 0. The van der Waals surface area contributed by atoms with E-state index in [1.165, 1.54) is 19.3 Å². The maximum atomic E-state index is 12.4. The van der Waals surface area contributed by atoms with Gasteiger partial charge in [0.1, 0.15) is 0 Å². The largest absolute Gasteiger partial charge is 0.490 e. The summed E-state index contributed by atoms with van der Waals surface area (Å²) in [7, 11) is 0. The summed E-state index contributed by atoms with van der Waals surface area (Å²) >= 11 is 1.57. The number of amides is 1. The number of ether oxygens (including phenoxy) is 2. The van der Waals surface area contributed by atoms with E-state index in [2.05, 4.69) is 5.32 Å². The second kappa shape index (κ2) is 7.95. The van der Waals surface area contributed by atoms with Gasteiger partial charge in [0.15, 0.2) is 11.5 Å². The Morgan fingerprint density at radius 1 is 1.13 bits per heavy atom. The normalized spacial score (nSPS) is 19.7. The molecule has 0 spiro atoms. The van der Waals surface area contributed by atoms with Crippen molar-refractivity contribution in [1.29, 1.82) is 0 Å². The maximum absolute atomic E-state index is 12.4. The molecule has 1 saturated carbocycles. The molecule has 1 aliphatic heterocycles. The van der Waals surface area contributed by atoms with Crippen LogP contribution >= 0.6 is 11.8 Å². The van der Waals surface area contributed by atoms with Crippen molar-refractivity contribution in [2.45, 2.75) is 61.6 Å². The van der Waals surface area contributed by atoms with Gasteiger partial charge in [-0.2, -0.15) is 0 Å². The van der Waals surface area contributed by atoms with Gasteiger partial charge in [0.25, 0.3) is 0 Å². The van der Waals surface area contributed by atoms with Gasteiger partial charge in [-0.05, 0) is 38.0 Å². The predicted molar refractivity (Wildman–Crippen MR) is 92.4 cm³/mol. The first kappa shape index (κ1) is 16.5. The third kappa shape index (κ3) is 4.56. The van der Waals surface area contributed by atoms with Crippen molar-refractivity contribution >= 4 is 17.7 Å². The molecule has 1 heterocycles. The molecule has 1 aromatic carbocycles. The zero-order chi connectivity index (χ0) is 16.1. The lowest BCUT2D eigenvalue weighted by Crippen LogP contribution is -2.40. The molecule has 5 heteroatoms. The number of hydrogen-bond acceptors (Lipinski definition) is 4. The average Bonchev–Trinajstić information content (AvgIpc) is 2.80. The van der Waals surface area contributed by atoms with Crippen LogP contribution in [0.1, 0.15) is 45.4 Å². The fourth-order valence-corrected chi connectivity index (χ4v) is 3.95. The molecule has 0 bridgehead atoms. The van der Waals surface area contributed by atoms with Crippen LogP contribution in [0.25, 0.3) is 0 Å². The lowest BCUT2D eigenvalue weighted by Gasteiger charge is -2.24. The zero-order valence-corrected chi connectivity index (χ0v) is 14.5. The Hall–Kier alpha value is -1.36. The van der Waals surface area contributed by atoms with Gasteiger partial charge in [-0.1, -0.05) is 19.3 Å². The first-order valence-electron chi connectivity index (χ1n) is 8.59. The molecule has 4 nitrogen and oxygen atoms in total. The second-order valence-corrected chi connectivity index (χ2v) is 7.68. The second-order valence-electron chi connectivity index (χ2n) is 6.26. The monoisotopic (exact) mass is 335 g/mol. The molecular weight excluding hydrogens is 310 g/mol. The van der Waals surface area contributed by atoms with Crippen LogP contribution in [-0.2, 0) is 4.79 Å². The van der Waals surface area contributed by atoms with Crippen molar-refractivity contribution in [2.24, 2.45) is 0 Å². The predicted octanol–water partition coefficient (Wildman–Crippen LogP) is 3.78. The van der Waals surface area contributed by atoms with Crippen molar-refractivity contribution in [2.75, 3.05) is 13.2 Å². The van der Waals surface area contributed by atoms with Gasteiger partial charge in [-0.15, -0.1) is 11.8 Å². The Morgan fingerprint density at radius 3 is 2.65 bits per heavy atom. The van der Waals surface area contributed by atoms with E-state index in [9.17, 15) is 4.79 Å². The van der Waals surface area contributed by atoms with E-state index in [-0.39, 0.29) is 11.2 Å². The molecule has 1 aliphatic carbocycles. The van der Waals surface area contributed by atoms with Crippen LogP contribution in [0.4, 0.5) is 0 Å². The third-order valence-electron chi connectivity index (χ3n) is 4.35. The van der Waals surface area contributed by atoms with E-state index in [0.29, 0.717) is 19.3 Å². The number of nitrogens with one attached hydrogen (secondary N) is 1. The fourth-order valence-electron chi connectivity index (χ4n) is 3.04. The molecule has 1 amide bonds. The van der Waals surface area contributed by atoms with Gasteiger partial charge < -0.3 is 14.8 Å². The number of benzene rings is 1. The number of fused-ring (bicyclic) bond motifs is 1. The zero-order valence-electron chi connectivity index (χ0n) is 13.7. The standard InChI is InChI=1S/C18H25NO3S/c1-13(18(20)19-14-6-3-2-4-7-14)23-15-8-9-16-17(12-15)22-11-5-10-21-16/h8-9,12-14H,2-7,10-11H2,1H3,(H,19,20)/t13-/m1/s1. The molecular formula is C18H25NO3S. The maximum Gasteiger partial charge on any atom is 0.233 e. The van der Waals surface area contributed by atoms with Crippen LogP contribution in [-0.4, -0.2) is 30.4 Å². The molecule has 126 valence electrons. The number of carbonyl (C=O) groups is 1. The highest BCUT2D eigenvalue weighted by Crippen LogP contribution is 2.35. The Balaban J connectivity index is 1.57. The minimum Gasteiger partial charge on any atom is -0.490 e. The lowest BCUT2D eigenvalue weighted by molar-refractivity contribution is -0.121. The summed E-state index contributed by atoms with van der Waals surface area (Å²) in [5, 5.41) is 3.09. The van der Waals surface area contributed by atoms with E-state index in [1.807, 2.05) is 25.1 Å². The molecule has 0 aromatic heterocycles. The number of carbonyl (C=O) groups excluding carboxylic acids is 1. The third-order valence-corrected chi connectivity index (χ3v) is 5.45. The molecule has 1 N–H and O–H groups in total. The average molecular weight is 335 g/mol. The topological polar surface area (TPSA) is 47.6 Å². The first-order valence-corrected chi connectivity index (χ1v) is 9.47. The van der Waals surface area contributed by atoms with E-state index in [1.54, 1.807) is 11.8 Å². The number of rotatable bonds is 4. The van der Waals surface area contributed by atoms with Crippen LogP contribution in [0.5, 0.6) is 11.5 Å². The minimum absolute atomic E-state index is 0.110. The lowest BCUT2D eigenvalue weighted by atomic mass is 9.95. The van der Waals surface area contributed by atoms with Gasteiger partial charge in [-0.3, -0.25) is 4.79 Å². The highest BCUT2D eigenvalue weighted by Gasteiger charge is 2.21. The van der Waals surface area contributed by atoms with Crippen molar-refractivity contribution in [3.05, 3.63) is 18.2 Å². The van der Waals surface area contributed by atoms with E-state index >= 15 is 0 Å². The Kier molecular flexibility index (Phi) is 5.70. The molecule has 1 aromatic rings. The summed E-state index contributed by atoms with van der Waals surface area (Å²) in [6.07, 6.45) is 6.90. The molecule has 0 saturated heterocycles. The SMILES string of the molecule is C[C@@H](Sc1ccc2c(c1)OCCCO2)C(=O)NC1CCCCC1. The van der Waals surface area contributed by atoms with Crippen molar-refractivity contribution in [1.82, 2.24) is 5.32 Å². The Bertz CT molecular complexity index is 543. The molecule has 1 atom stereocenters. The van der Waals surface area contributed by atoms with E-state index in [4.69, 9.17) is 9.47 Å². The summed E-state index contributed by atoms with van der Waals surface area (Å²) in [5.74, 6) is 1.72. The van der Waals surface area contributed by atoms with Crippen LogP contribution in [0.15, 0.2) is 23.1 Å². The van der Waals surface area contributed by atoms with Gasteiger partial charge >= 0.3 is 0 Å². The van der Waals surface area contributed by atoms with Crippen LogP contribution < -0.4 is 14.8 Å². The summed E-state index contributed by atoms with van der Waals surface area (Å²) in [4.78, 5) is 13.4. The molecule has 3 rings (SSSR count). The first-order chi connectivity index (χ1) is 11.2. The van der Waals surface area contributed by atoms with E-state index < -0.39 is 0 Å². The highest BCUT2D eigenvalue weighted by atomic mass is 32.2. The smallest absolute Gasteiger partial charge is 0.233 e. The van der Waals surface area contributed by atoms with Gasteiger partial charge in [-0.25, -0.2) is 0 Å².